The molecule has 0 aliphatic heterocycles. The number of nitrogens with zero attached hydrogens (tertiary/aromatic N) is 1. The van der Waals surface area contributed by atoms with Gasteiger partial charge < -0.3 is 10.6 Å². The number of rotatable bonds is 6. The first-order valence-corrected chi connectivity index (χ1v) is 7.64. The first kappa shape index (κ1) is 16.0. The van der Waals surface area contributed by atoms with E-state index in [0.29, 0.717) is 18.2 Å². The van der Waals surface area contributed by atoms with Crippen molar-refractivity contribution < 1.29 is 4.79 Å². The van der Waals surface area contributed by atoms with E-state index < -0.39 is 0 Å². The number of carbonyl (C=O) groups is 1. The molecule has 0 fully saturated rings. The number of aryl methyl sites for hydroxylation is 1. The summed E-state index contributed by atoms with van der Waals surface area (Å²) in [6.45, 7) is 6.78. The van der Waals surface area contributed by atoms with Gasteiger partial charge in [0.1, 0.15) is 0 Å². The van der Waals surface area contributed by atoms with Crippen LogP contribution in [0, 0.1) is 6.92 Å². The van der Waals surface area contributed by atoms with Gasteiger partial charge in [-0.3, -0.25) is 9.78 Å². The van der Waals surface area contributed by atoms with E-state index in [1.165, 1.54) is 5.56 Å². The fourth-order valence-corrected chi connectivity index (χ4v) is 2.02. The second-order valence-electron chi connectivity index (χ2n) is 5.58. The minimum absolute atomic E-state index is 0.110. The van der Waals surface area contributed by atoms with Gasteiger partial charge in [-0.2, -0.15) is 0 Å². The highest BCUT2D eigenvalue weighted by Crippen LogP contribution is 2.11. The maximum atomic E-state index is 12.2. The summed E-state index contributed by atoms with van der Waals surface area (Å²) in [6, 6.07) is 10.3. The molecule has 0 aliphatic rings. The number of hydrogen-bond acceptors (Lipinski definition) is 3. The zero-order valence-corrected chi connectivity index (χ0v) is 13.4. The molecule has 0 saturated heterocycles. The van der Waals surface area contributed by atoms with Crippen LogP contribution in [-0.4, -0.2) is 16.9 Å². The molecule has 1 amide bonds. The number of amides is 1. The van der Waals surface area contributed by atoms with Crippen LogP contribution < -0.4 is 10.6 Å². The van der Waals surface area contributed by atoms with Crippen LogP contribution in [0.3, 0.4) is 0 Å². The molecule has 4 heteroatoms. The van der Waals surface area contributed by atoms with Crippen molar-refractivity contribution in [3.8, 4) is 0 Å². The average molecular weight is 297 g/mol. The highest BCUT2D eigenvalue weighted by molar-refractivity contribution is 5.94. The number of carbonyl (C=O) groups excluding carboxylic acids is 1. The number of benzene rings is 1. The molecule has 0 radical (unpaired) electrons. The average Bonchev–Trinajstić information content (AvgIpc) is 2.54. The lowest BCUT2D eigenvalue weighted by Gasteiger charge is -2.13. The third kappa shape index (κ3) is 4.58. The Labute approximate surface area is 132 Å². The quantitative estimate of drug-likeness (QED) is 0.857. The molecule has 2 aromatic rings. The maximum Gasteiger partial charge on any atom is 0.253 e. The van der Waals surface area contributed by atoms with Crippen molar-refractivity contribution in [1.82, 2.24) is 10.3 Å². The van der Waals surface area contributed by atoms with E-state index in [-0.39, 0.29) is 5.91 Å². The fourth-order valence-electron chi connectivity index (χ4n) is 2.02. The molecule has 1 aromatic heterocycles. The Kier molecular flexibility index (Phi) is 5.53. The minimum atomic E-state index is -0.110. The van der Waals surface area contributed by atoms with Crippen molar-refractivity contribution in [2.24, 2.45) is 0 Å². The standard InChI is InChI=1S/C18H23N3O/c1-4-14(3)21-17-9-16(11-19-12-17)18(22)20-10-15-7-5-13(2)6-8-15/h5-9,11-12,14,21H,4,10H2,1-3H3,(H,20,22). The van der Waals surface area contributed by atoms with Crippen LogP contribution in [0.4, 0.5) is 5.69 Å². The zero-order valence-electron chi connectivity index (χ0n) is 13.4. The van der Waals surface area contributed by atoms with Crippen molar-refractivity contribution in [1.29, 1.82) is 0 Å². The van der Waals surface area contributed by atoms with E-state index in [1.54, 1.807) is 12.4 Å². The summed E-state index contributed by atoms with van der Waals surface area (Å²) >= 11 is 0. The third-order valence-corrected chi connectivity index (χ3v) is 3.60. The van der Waals surface area contributed by atoms with Crippen LogP contribution in [0.2, 0.25) is 0 Å². The lowest BCUT2D eigenvalue weighted by atomic mass is 10.1. The summed E-state index contributed by atoms with van der Waals surface area (Å²) in [5.74, 6) is -0.110. The topological polar surface area (TPSA) is 54.0 Å². The maximum absolute atomic E-state index is 12.2. The molecule has 116 valence electrons. The predicted octanol–water partition coefficient (Wildman–Crippen LogP) is 3.53. The number of pyridine rings is 1. The summed E-state index contributed by atoms with van der Waals surface area (Å²) < 4.78 is 0. The summed E-state index contributed by atoms with van der Waals surface area (Å²) in [7, 11) is 0. The molecule has 0 spiro atoms. The first-order chi connectivity index (χ1) is 10.6. The molecule has 0 bridgehead atoms. The van der Waals surface area contributed by atoms with E-state index in [2.05, 4.69) is 29.5 Å². The molecule has 0 aliphatic carbocycles. The second kappa shape index (κ2) is 7.59. The molecule has 4 nitrogen and oxygen atoms in total. The van der Waals surface area contributed by atoms with Gasteiger partial charge in [0.15, 0.2) is 0 Å². The predicted molar refractivity (Wildman–Crippen MR) is 90.0 cm³/mol. The normalized spacial score (nSPS) is 11.8. The largest absolute Gasteiger partial charge is 0.381 e. The van der Waals surface area contributed by atoms with Crippen LogP contribution in [0.1, 0.15) is 41.8 Å². The van der Waals surface area contributed by atoms with Crippen LogP contribution in [0.5, 0.6) is 0 Å². The molecule has 1 atom stereocenters. The number of aromatic nitrogens is 1. The Bertz CT molecular complexity index is 622. The summed E-state index contributed by atoms with van der Waals surface area (Å²) in [4.78, 5) is 16.3. The Hall–Kier alpha value is -2.36. The minimum Gasteiger partial charge on any atom is -0.381 e. The zero-order chi connectivity index (χ0) is 15.9. The Morgan fingerprint density at radius 2 is 1.95 bits per heavy atom. The van der Waals surface area contributed by atoms with E-state index in [0.717, 1.165) is 17.7 Å². The molecular formula is C18H23N3O. The van der Waals surface area contributed by atoms with Crippen LogP contribution >= 0.6 is 0 Å². The van der Waals surface area contributed by atoms with Gasteiger partial charge in [-0.15, -0.1) is 0 Å². The van der Waals surface area contributed by atoms with Crippen molar-refractivity contribution in [3.05, 3.63) is 59.4 Å². The van der Waals surface area contributed by atoms with Gasteiger partial charge in [0.25, 0.3) is 5.91 Å². The Morgan fingerprint density at radius 1 is 1.23 bits per heavy atom. The molecule has 0 saturated carbocycles. The molecule has 2 rings (SSSR count). The highest BCUT2D eigenvalue weighted by atomic mass is 16.1. The SMILES string of the molecule is CCC(C)Nc1cncc(C(=O)NCc2ccc(C)cc2)c1. The van der Waals surface area contributed by atoms with E-state index in [1.807, 2.05) is 37.3 Å². The van der Waals surface area contributed by atoms with E-state index in [4.69, 9.17) is 0 Å². The Morgan fingerprint density at radius 3 is 2.64 bits per heavy atom. The number of anilines is 1. The van der Waals surface area contributed by atoms with Gasteiger partial charge in [-0.05, 0) is 31.9 Å². The van der Waals surface area contributed by atoms with Gasteiger partial charge in [-0.1, -0.05) is 36.8 Å². The molecule has 1 heterocycles. The summed E-state index contributed by atoms with van der Waals surface area (Å²) in [5, 5.41) is 6.25. The first-order valence-electron chi connectivity index (χ1n) is 7.64. The molecule has 2 N–H and O–H groups in total. The van der Waals surface area contributed by atoms with Crippen LogP contribution in [0.15, 0.2) is 42.7 Å². The summed E-state index contributed by atoms with van der Waals surface area (Å²) in [6.07, 6.45) is 4.35. The molecule has 1 unspecified atom stereocenters. The monoisotopic (exact) mass is 297 g/mol. The smallest absolute Gasteiger partial charge is 0.253 e. The third-order valence-electron chi connectivity index (χ3n) is 3.60. The van der Waals surface area contributed by atoms with E-state index >= 15 is 0 Å². The van der Waals surface area contributed by atoms with Gasteiger partial charge >= 0.3 is 0 Å². The lowest BCUT2D eigenvalue weighted by Crippen LogP contribution is -2.23. The van der Waals surface area contributed by atoms with Gasteiger partial charge in [0.05, 0.1) is 11.3 Å². The fraction of sp³-hybridized carbons (Fsp3) is 0.333. The van der Waals surface area contributed by atoms with Crippen LogP contribution in [-0.2, 0) is 6.54 Å². The van der Waals surface area contributed by atoms with Crippen molar-refractivity contribution in [3.63, 3.8) is 0 Å². The highest BCUT2D eigenvalue weighted by Gasteiger charge is 2.08. The molecular weight excluding hydrogens is 274 g/mol. The Balaban J connectivity index is 1.97. The van der Waals surface area contributed by atoms with Gasteiger partial charge in [-0.25, -0.2) is 0 Å². The lowest BCUT2D eigenvalue weighted by molar-refractivity contribution is 0.0950. The second-order valence-corrected chi connectivity index (χ2v) is 5.58. The molecule has 1 aromatic carbocycles. The number of hydrogen-bond donors (Lipinski definition) is 2. The van der Waals surface area contributed by atoms with Crippen molar-refractivity contribution >= 4 is 11.6 Å². The van der Waals surface area contributed by atoms with Gasteiger partial charge in [0, 0.05) is 25.0 Å². The molecule has 22 heavy (non-hydrogen) atoms. The van der Waals surface area contributed by atoms with E-state index in [9.17, 15) is 4.79 Å². The number of nitrogens with one attached hydrogen (secondary N) is 2. The van der Waals surface area contributed by atoms with Crippen LogP contribution in [0.25, 0.3) is 0 Å². The summed E-state index contributed by atoms with van der Waals surface area (Å²) in [5.41, 5.74) is 3.74. The van der Waals surface area contributed by atoms with Crippen molar-refractivity contribution in [2.75, 3.05) is 5.32 Å². The van der Waals surface area contributed by atoms with Crippen molar-refractivity contribution in [2.45, 2.75) is 39.8 Å². The van der Waals surface area contributed by atoms with Gasteiger partial charge in [0.2, 0.25) is 0 Å².